The highest BCUT2D eigenvalue weighted by Gasteiger charge is 2.30. The predicted octanol–water partition coefficient (Wildman–Crippen LogP) is -0.0941. The first-order valence-corrected chi connectivity index (χ1v) is 12.7. The molecule has 0 fully saturated rings. The van der Waals surface area contributed by atoms with Gasteiger partial charge in [0.15, 0.2) is 0 Å². The van der Waals surface area contributed by atoms with Crippen LogP contribution >= 0.6 is 12.6 Å². The number of amides is 3. The molecule has 5 atom stereocenters. The Kier molecular flexibility index (Phi) is 13.9. The van der Waals surface area contributed by atoms with Crippen molar-refractivity contribution in [1.82, 2.24) is 16.0 Å². The smallest absolute Gasteiger partial charge is 0.327 e. The molecule has 12 heteroatoms. The van der Waals surface area contributed by atoms with Crippen LogP contribution in [0.3, 0.4) is 0 Å². The van der Waals surface area contributed by atoms with Crippen molar-refractivity contribution in [2.24, 2.45) is 17.4 Å². The minimum Gasteiger partial charge on any atom is -0.508 e. The van der Waals surface area contributed by atoms with E-state index in [0.29, 0.717) is 31.4 Å². The third-order valence-corrected chi connectivity index (χ3v) is 6.31. The van der Waals surface area contributed by atoms with Crippen LogP contribution in [0.5, 0.6) is 5.75 Å². The molecule has 0 saturated heterocycles. The molecular weight excluding hydrogens is 486 g/mol. The summed E-state index contributed by atoms with van der Waals surface area (Å²) in [6, 6.07) is 1.87. The van der Waals surface area contributed by atoms with Crippen LogP contribution in [0.25, 0.3) is 0 Å². The average molecular weight is 526 g/mol. The molecule has 0 radical (unpaired) electrons. The van der Waals surface area contributed by atoms with Crippen LogP contribution in [0.15, 0.2) is 24.3 Å². The monoisotopic (exact) mass is 525 g/mol. The number of thiol groups is 1. The Morgan fingerprint density at radius 2 is 1.50 bits per heavy atom. The second-order valence-corrected chi connectivity index (χ2v) is 9.14. The van der Waals surface area contributed by atoms with E-state index in [9.17, 15) is 29.4 Å². The number of hydrogen-bond acceptors (Lipinski definition) is 8. The Labute approximate surface area is 217 Å². The summed E-state index contributed by atoms with van der Waals surface area (Å²) in [7, 11) is 0. The largest absolute Gasteiger partial charge is 0.508 e. The van der Waals surface area contributed by atoms with Crippen LogP contribution in [-0.4, -0.2) is 70.4 Å². The molecule has 36 heavy (non-hydrogen) atoms. The average Bonchev–Trinajstić information content (AvgIpc) is 2.85. The first-order chi connectivity index (χ1) is 17.0. The van der Waals surface area contributed by atoms with Gasteiger partial charge in [-0.3, -0.25) is 14.4 Å². The Bertz CT molecular complexity index is 869. The molecule has 1 aromatic carbocycles. The molecule has 202 valence electrons. The van der Waals surface area contributed by atoms with Gasteiger partial charge in [0.1, 0.15) is 23.9 Å². The highest BCUT2D eigenvalue weighted by Crippen LogP contribution is 2.13. The summed E-state index contributed by atoms with van der Waals surface area (Å²) >= 11 is 3.96. The minimum atomic E-state index is -1.26. The maximum Gasteiger partial charge on any atom is 0.327 e. The number of phenolic OH excluding ortho intramolecular Hbond substituents is 1. The van der Waals surface area contributed by atoms with Gasteiger partial charge in [0, 0.05) is 12.2 Å². The molecule has 11 nitrogen and oxygen atoms in total. The molecule has 0 saturated carbocycles. The van der Waals surface area contributed by atoms with Crippen molar-refractivity contribution in [2.75, 3.05) is 12.3 Å². The lowest BCUT2D eigenvalue weighted by Gasteiger charge is -2.26. The lowest BCUT2D eigenvalue weighted by Crippen LogP contribution is -2.58. The number of carbonyl (C=O) groups excluding carboxylic acids is 3. The van der Waals surface area contributed by atoms with Gasteiger partial charge in [-0.25, -0.2) is 4.79 Å². The number of nitrogens with one attached hydrogen (secondary N) is 3. The van der Waals surface area contributed by atoms with Gasteiger partial charge in [-0.15, -0.1) is 0 Å². The van der Waals surface area contributed by atoms with Crippen molar-refractivity contribution < 1.29 is 29.4 Å². The quantitative estimate of drug-likeness (QED) is 0.108. The maximum atomic E-state index is 13.2. The zero-order valence-electron chi connectivity index (χ0n) is 20.8. The number of nitrogens with two attached hydrogens (primary N) is 2. The van der Waals surface area contributed by atoms with Crippen LogP contribution < -0.4 is 27.4 Å². The summed E-state index contributed by atoms with van der Waals surface area (Å²) < 4.78 is 0. The lowest BCUT2D eigenvalue weighted by atomic mass is 9.98. The standard InChI is InChI=1S/C24H39N5O6S/c1-3-14(2)20(26)23(33)27-17(6-4-5-11-25)21(31)28-18(12-15-7-9-16(30)10-8-15)22(32)29-19(13-36)24(34)35/h7-10,14,17-20,30,36H,3-6,11-13,25-26H2,1-2H3,(H,27,33)(H,28,31)(H,29,32)(H,34,35). The zero-order valence-corrected chi connectivity index (χ0v) is 21.7. The second kappa shape index (κ2) is 16.0. The molecular formula is C24H39N5O6S. The van der Waals surface area contributed by atoms with E-state index in [-0.39, 0.29) is 30.3 Å². The molecule has 0 bridgehead atoms. The number of aromatic hydroxyl groups is 1. The van der Waals surface area contributed by atoms with Crippen LogP contribution in [0, 0.1) is 5.92 Å². The second-order valence-electron chi connectivity index (χ2n) is 8.77. The Hall–Kier alpha value is -2.83. The van der Waals surface area contributed by atoms with E-state index >= 15 is 0 Å². The number of carboxylic acids is 1. The first-order valence-electron chi connectivity index (χ1n) is 12.0. The molecule has 0 aliphatic carbocycles. The molecule has 1 rings (SSSR count). The van der Waals surface area contributed by atoms with Gasteiger partial charge in [-0.2, -0.15) is 12.6 Å². The van der Waals surface area contributed by atoms with Crippen molar-refractivity contribution in [1.29, 1.82) is 0 Å². The number of rotatable bonds is 16. The van der Waals surface area contributed by atoms with E-state index in [4.69, 9.17) is 11.5 Å². The third kappa shape index (κ3) is 10.4. The van der Waals surface area contributed by atoms with Crippen molar-refractivity contribution in [3.63, 3.8) is 0 Å². The number of hydrogen-bond donors (Lipinski definition) is 8. The molecule has 1 aromatic rings. The zero-order chi connectivity index (χ0) is 27.3. The summed E-state index contributed by atoms with van der Waals surface area (Å²) in [4.78, 5) is 50.3. The SMILES string of the molecule is CCC(C)C(N)C(=O)NC(CCCCN)C(=O)NC(Cc1ccc(O)cc1)C(=O)NC(CS)C(=O)O. The molecule has 9 N–H and O–H groups in total. The Morgan fingerprint density at radius 3 is 2.03 bits per heavy atom. The molecule has 5 unspecified atom stereocenters. The molecule has 0 aromatic heterocycles. The van der Waals surface area contributed by atoms with Gasteiger partial charge < -0.3 is 37.6 Å². The van der Waals surface area contributed by atoms with Crippen molar-refractivity contribution in [3.05, 3.63) is 29.8 Å². The minimum absolute atomic E-state index is 0.0204. The van der Waals surface area contributed by atoms with Gasteiger partial charge in [-0.05, 0) is 49.4 Å². The van der Waals surface area contributed by atoms with E-state index < -0.39 is 47.9 Å². The summed E-state index contributed by atoms with van der Waals surface area (Å²) in [5.74, 6) is -3.27. The van der Waals surface area contributed by atoms with Crippen LogP contribution in [0.1, 0.15) is 45.1 Å². The number of unbranched alkanes of at least 4 members (excludes halogenated alkanes) is 1. The van der Waals surface area contributed by atoms with Crippen molar-refractivity contribution in [2.45, 2.75) is 70.1 Å². The van der Waals surface area contributed by atoms with E-state index in [1.807, 2.05) is 13.8 Å². The fraction of sp³-hybridized carbons (Fsp3) is 0.583. The fourth-order valence-electron chi connectivity index (χ4n) is 3.35. The van der Waals surface area contributed by atoms with E-state index in [1.54, 1.807) is 12.1 Å². The lowest BCUT2D eigenvalue weighted by molar-refractivity contribution is -0.141. The number of benzene rings is 1. The predicted molar refractivity (Wildman–Crippen MR) is 139 cm³/mol. The van der Waals surface area contributed by atoms with E-state index in [0.717, 1.165) is 0 Å². The van der Waals surface area contributed by atoms with Crippen LogP contribution in [-0.2, 0) is 25.6 Å². The summed E-state index contributed by atoms with van der Waals surface area (Å²) in [5.41, 5.74) is 12.2. The number of carbonyl (C=O) groups is 4. The fourth-order valence-corrected chi connectivity index (χ4v) is 3.60. The van der Waals surface area contributed by atoms with Crippen LogP contribution in [0.4, 0.5) is 0 Å². The molecule has 0 aliphatic rings. The van der Waals surface area contributed by atoms with Crippen molar-refractivity contribution >= 4 is 36.3 Å². The Morgan fingerprint density at radius 1 is 0.944 bits per heavy atom. The Balaban J connectivity index is 3.12. The summed E-state index contributed by atoms with van der Waals surface area (Å²) in [6.45, 7) is 4.16. The van der Waals surface area contributed by atoms with Gasteiger partial charge in [-0.1, -0.05) is 32.4 Å². The third-order valence-electron chi connectivity index (χ3n) is 5.95. The molecule has 3 amide bonds. The number of phenols is 1. The molecule has 0 spiro atoms. The normalized spacial score (nSPS) is 15.1. The van der Waals surface area contributed by atoms with Crippen molar-refractivity contribution in [3.8, 4) is 5.75 Å². The van der Waals surface area contributed by atoms with Crippen LogP contribution in [0.2, 0.25) is 0 Å². The number of aliphatic carboxylic acids is 1. The summed E-state index contributed by atoms with van der Waals surface area (Å²) in [5, 5.41) is 26.5. The highest BCUT2D eigenvalue weighted by molar-refractivity contribution is 7.80. The van der Waals surface area contributed by atoms with Gasteiger partial charge in [0.05, 0.1) is 6.04 Å². The van der Waals surface area contributed by atoms with E-state index in [2.05, 4.69) is 28.6 Å². The van der Waals surface area contributed by atoms with Gasteiger partial charge in [0.25, 0.3) is 0 Å². The van der Waals surface area contributed by atoms with E-state index in [1.165, 1.54) is 12.1 Å². The molecule has 0 aliphatic heterocycles. The summed E-state index contributed by atoms with van der Waals surface area (Å²) in [6.07, 6.45) is 2.18. The first kappa shape index (κ1) is 31.2. The number of carboxylic acid groups (broad SMARTS) is 1. The highest BCUT2D eigenvalue weighted by atomic mass is 32.1. The van der Waals surface area contributed by atoms with Gasteiger partial charge >= 0.3 is 5.97 Å². The topological polar surface area (TPSA) is 197 Å². The van der Waals surface area contributed by atoms with Gasteiger partial charge in [0.2, 0.25) is 17.7 Å². The molecule has 0 heterocycles. The maximum absolute atomic E-state index is 13.2.